The minimum Gasteiger partial charge on any atom is -0.756 e. The molecule has 0 spiro atoms. The molecule has 1 aliphatic heterocycles. The Bertz CT molecular complexity index is 1450. The van der Waals surface area contributed by atoms with Crippen LogP contribution >= 0.6 is 7.82 Å². The third-order valence-corrected chi connectivity index (χ3v) is 14.5. The zero-order chi connectivity index (χ0) is 54.5. The molecule has 0 aromatic carbocycles. The highest BCUT2D eigenvalue weighted by atomic mass is 31.2. The van der Waals surface area contributed by atoms with Crippen LogP contribution in [0.25, 0.3) is 0 Å². The van der Waals surface area contributed by atoms with E-state index in [4.69, 9.17) is 28.0 Å². The number of aliphatic hydroxyl groups excluding tert-OH is 3. The van der Waals surface area contributed by atoms with Crippen LogP contribution < -0.4 is 15.5 Å². The summed E-state index contributed by atoms with van der Waals surface area (Å²) in [6, 6.07) is -0.729. The fraction of sp³-hybridized carbons (Fsp3) is 0.927. The first-order chi connectivity index (χ1) is 35.7. The van der Waals surface area contributed by atoms with Gasteiger partial charge in [0.05, 0.1) is 32.5 Å². The first kappa shape index (κ1) is 69.8. The van der Waals surface area contributed by atoms with Gasteiger partial charge in [0.25, 0.3) is 7.82 Å². The summed E-state index contributed by atoms with van der Waals surface area (Å²) in [5, 5.41) is 35.2. The largest absolute Gasteiger partial charge is 0.756 e. The van der Waals surface area contributed by atoms with E-state index in [1.165, 1.54) is 141 Å². The number of carbonyl (C=O) groups excluding carboxylic acids is 4. The number of hydrogen-bond acceptors (Lipinski definition) is 16. The number of phosphoric acid groups is 1. The summed E-state index contributed by atoms with van der Waals surface area (Å²) in [6.07, 6.45) is 30.3. The molecular weight excluding hydrogens is 974 g/mol. The molecule has 0 aliphatic carbocycles. The number of nitrogens with one attached hydrogen (secondary N) is 2. The molecule has 436 valence electrons. The third-order valence-electron chi connectivity index (χ3n) is 13.5. The molecule has 19 heteroatoms. The molecule has 1 saturated heterocycles. The lowest BCUT2D eigenvalue weighted by molar-refractivity contribution is -0.283. The number of aliphatic hydroxyl groups is 3. The van der Waals surface area contributed by atoms with Crippen LogP contribution in [0.2, 0.25) is 0 Å². The minimum atomic E-state index is -4.94. The van der Waals surface area contributed by atoms with Crippen molar-refractivity contribution in [2.75, 3.05) is 60.2 Å². The highest BCUT2D eigenvalue weighted by Gasteiger charge is 2.45. The highest BCUT2D eigenvalue weighted by molar-refractivity contribution is 7.45. The Hall–Kier alpha value is -2.25. The van der Waals surface area contributed by atoms with Crippen molar-refractivity contribution in [1.29, 1.82) is 0 Å². The van der Waals surface area contributed by atoms with Gasteiger partial charge < -0.3 is 58.8 Å². The average Bonchev–Trinajstić information content (AvgIpc) is 3.37. The molecule has 1 fully saturated rings. The third kappa shape index (κ3) is 38.3. The molecule has 0 bridgehead atoms. The Morgan fingerprint density at radius 2 is 0.973 bits per heavy atom. The standard InChI is InChI=1S/C55H106N3O15P/c1-5-7-9-11-13-15-17-19-21-23-25-27-29-31-33-35-50(62)69-44-46(72-51(63)36-34-32-30-28-26-24-22-20-18-16-14-12-10-8-6-2)45-71-74(66,67)70-42-40-57-49(61)38-37-48(60)56-39-41-68-55-52(58(3)4)54(65)53(64)47(43-59)73-55/h46-47,52-55,59,64-65H,5-45H2,1-4H3,(H,56,60)(H,57,61)(H,66,67)/p-1/t46-,47?,52?,53?,54?,55?/m1/s1. The van der Waals surface area contributed by atoms with Crippen molar-refractivity contribution < 1.29 is 72.0 Å². The van der Waals surface area contributed by atoms with Gasteiger partial charge in [0.2, 0.25) is 11.8 Å². The highest BCUT2D eigenvalue weighted by Crippen LogP contribution is 2.38. The maximum atomic E-state index is 12.9. The zero-order valence-corrected chi connectivity index (χ0v) is 47.5. The summed E-state index contributed by atoms with van der Waals surface area (Å²) in [6.45, 7) is 2.34. The molecule has 1 aliphatic rings. The SMILES string of the molecule is CCCCCCCCCCCCCCCCCC(=O)OC[C@H](COP(=O)([O-])OCCNC(=O)CCC(=O)NCCOC1OC(CO)C(O)C(O)C1N(C)C)OC(=O)CCCCCCCCCCCCCCCCC. The van der Waals surface area contributed by atoms with Gasteiger partial charge >= 0.3 is 11.9 Å². The van der Waals surface area contributed by atoms with E-state index in [0.29, 0.717) is 12.8 Å². The number of likely N-dealkylation sites (N-methyl/N-ethyl adjacent to an activating group) is 1. The van der Waals surface area contributed by atoms with E-state index in [9.17, 15) is 44.0 Å². The molecule has 5 N–H and O–H groups in total. The maximum absolute atomic E-state index is 12.9. The molecule has 7 atom stereocenters. The van der Waals surface area contributed by atoms with Crippen molar-refractivity contribution in [3.8, 4) is 0 Å². The minimum absolute atomic E-state index is 0.0178. The van der Waals surface area contributed by atoms with Crippen LogP contribution in [0.1, 0.15) is 232 Å². The lowest BCUT2D eigenvalue weighted by Crippen LogP contribution is -2.63. The fourth-order valence-corrected chi connectivity index (χ4v) is 9.72. The molecule has 0 radical (unpaired) electrons. The summed E-state index contributed by atoms with van der Waals surface area (Å²) >= 11 is 0. The Balaban J connectivity index is 2.43. The molecule has 6 unspecified atom stereocenters. The molecule has 1 rings (SSSR count). The van der Waals surface area contributed by atoms with Crippen molar-refractivity contribution in [2.45, 2.75) is 269 Å². The van der Waals surface area contributed by atoms with Gasteiger partial charge in [0, 0.05) is 38.8 Å². The number of amides is 2. The van der Waals surface area contributed by atoms with E-state index in [-0.39, 0.29) is 52.0 Å². The summed E-state index contributed by atoms with van der Waals surface area (Å²) < 4.78 is 44.9. The van der Waals surface area contributed by atoms with Gasteiger partial charge in [-0.05, 0) is 26.9 Å². The van der Waals surface area contributed by atoms with Gasteiger partial charge in [-0.1, -0.05) is 194 Å². The van der Waals surface area contributed by atoms with E-state index in [1.54, 1.807) is 19.0 Å². The normalized spacial score (nSPS) is 19.0. The quantitative estimate of drug-likeness (QED) is 0.0217. The summed E-state index contributed by atoms with van der Waals surface area (Å²) in [4.78, 5) is 64.5. The van der Waals surface area contributed by atoms with Gasteiger partial charge in [0.1, 0.15) is 24.9 Å². The van der Waals surface area contributed by atoms with Crippen molar-refractivity contribution in [3.05, 3.63) is 0 Å². The summed E-state index contributed by atoms with van der Waals surface area (Å²) in [5.74, 6) is -1.97. The first-order valence-corrected chi connectivity index (χ1v) is 30.6. The number of esters is 2. The van der Waals surface area contributed by atoms with E-state index >= 15 is 0 Å². The van der Waals surface area contributed by atoms with Crippen LogP contribution in [-0.2, 0) is 51.7 Å². The summed E-state index contributed by atoms with van der Waals surface area (Å²) in [5.41, 5.74) is 0. The number of unbranched alkanes of at least 4 members (excludes halogenated alkanes) is 28. The van der Waals surface area contributed by atoms with Crippen molar-refractivity contribution in [3.63, 3.8) is 0 Å². The van der Waals surface area contributed by atoms with Crippen LogP contribution in [0.15, 0.2) is 0 Å². The van der Waals surface area contributed by atoms with Crippen molar-refractivity contribution >= 4 is 31.6 Å². The Morgan fingerprint density at radius 3 is 1.39 bits per heavy atom. The Kier molecular flexibility index (Phi) is 44.1. The predicted octanol–water partition coefficient (Wildman–Crippen LogP) is 8.86. The predicted molar refractivity (Wildman–Crippen MR) is 286 cm³/mol. The van der Waals surface area contributed by atoms with Crippen molar-refractivity contribution in [1.82, 2.24) is 15.5 Å². The lowest BCUT2D eigenvalue weighted by Gasteiger charge is -2.44. The Labute approximate surface area is 446 Å². The van der Waals surface area contributed by atoms with E-state index in [1.807, 2.05) is 0 Å². The summed E-state index contributed by atoms with van der Waals surface area (Å²) in [7, 11) is -1.59. The number of hydrogen-bond donors (Lipinski definition) is 5. The molecule has 0 saturated carbocycles. The Morgan fingerprint density at radius 1 is 0.568 bits per heavy atom. The number of rotatable bonds is 51. The van der Waals surface area contributed by atoms with E-state index in [0.717, 1.165) is 38.5 Å². The topological polar surface area (TPSA) is 252 Å². The van der Waals surface area contributed by atoms with E-state index in [2.05, 4.69) is 24.5 Å². The average molecular weight is 1080 g/mol. The number of ether oxygens (including phenoxy) is 4. The van der Waals surface area contributed by atoms with Crippen molar-refractivity contribution in [2.24, 2.45) is 0 Å². The van der Waals surface area contributed by atoms with Gasteiger partial charge in [-0.15, -0.1) is 0 Å². The van der Waals surface area contributed by atoms with Gasteiger partial charge in [-0.2, -0.15) is 0 Å². The van der Waals surface area contributed by atoms with Gasteiger partial charge in [0.15, 0.2) is 12.4 Å². The number of phosphoric ester groups is 1. The second-order valence-electron chi connectivity index (χ2n) is 20.5. The number of nitrogens with zero attached hydrogens (tertiary/aromatic N) is 1. The molecule has 74 heavy (non-hydrogen) atoms. The maximum Gasteiger partial charge on any atom is 0.306 e. The molecule has 1 heterocycles. The van der Waals surface area contributed by atoms with Gasteiger partial charge in [-0.3, -0.25) is 28.6 Å². The van der Waals surface area contributed by atoms with Crippen LogP contribution in [0.3, 0.4) is 0 Å². The van der Waals surface area contributed by atoms with Crippen LogP contribution in [0, 0.1) is 0 Å². The first-order valence-electron chi connectivity index (χ1n) is 29.1. The molecule has 2 amide bonds. The van der Waals surface area contributed by atoms with Crippen LogP contribution in [0.5, 0.6) is 0 Å². The molecular formula is C55H105N3O15P-. The van der Waals surface area contributed by atoms with Crippen LogP contribution in [0.4, 0.5) is 0 Å². The second kappa shape index (κ2) is 46.8. The second-order valence-corrected chi connectivity index (χ2v) is 21.9. The zero-order valence-electron chi connectivity index (χ0n) is 46.6. The molecule has 18 nitrogen and oxygen atoms in total. The number of carbonyl (C=O) groups is 4. The molecule has 0 aromatic rings. The lowest BCUT2D eigenvalue weighted by atomic mass is 9.96. The fourth-order valence-electron chi connectivity index (χ4n) is 8.98. The van der Waals surface area contributed by atoms with Gasteiger partial charge in [-0.25, -0.2) is 0 Å². The monoisotopic (exact) mass is 1080 g/mol. The van der Waals surface area contributed by atoms with Crippen LogP contribution in [-0.4, -0.2) is 141 Å². The van der Waals surface area contributed by atoms with E-state index < -0.39 is 88.1 Å². The molecule has 0 aromatic heterocycles. The smallest absolute Gasteiger partial charge is 0.306 e.